The Morgan fingerprint density at radius 1 is 0.850 bits per heavy atom. The lowest BCUT2D eigenvalue weighted by molar-refractivity contribution is 0.613. The minimum atomic E-state index is -0.195. The van der Waals surface area contributed by atoms with Crippen LogP contribution >= 0.6 is 0 Å². The van der Waals surface area contributed by atoms with Gasteiger partial charge in [-0.3, -0.25) is 0 Å². The summed E-state index contributed by atoms with van der Waals surface area (Å²) >= 11 is 0. The van der Waals surface area contributed by atoms with Crippen molar-refractivity contribution in [2.24, 2.45) is 0 Å². The molecule has 2 rings (SSSR count). The summed E-state index contributed by atoms with van der Waals surface area (Å²) in [5.41, 5.74) is 3.64. The highest BCUT2D eigenvalue weighted by Gasteiger charge is 2.13. The summed E-state index contributed by atoms with van der Waals surface area (Å²) in [7, 11) is 0. The van der Waals surface area contributed by atoms with E-state index in [1.807, 2.05) is 12.1 Å². The molecule has 2 aromatic rings. The average Bonchev–Trinajstić information content (AvgIpc) is 2.46. The fourth-order valence-electron chi connectivity index (χ4n) is 2.36. The molecule has 1 N–H and O–H groups in total. The van der Waals surface area contributed by atoms with Crippen molar-refractivity contribution in [3.05, 3.63) is 71.0 Å². The molecule has 0 spiro atoms. The molecular weight excluding hydrogens is 249 g/mol. The van der Waals surface area contributed by atoms with Crippen molar-refractivity contribution in [3.63, 3.8) is 0 Å². The Hall–Kier alpha value is -1.67. The van der Waals surface area contributed by atoms with Gasteiger partial charge in [0.1, 0.15) is 5.82 Å². The number of hydrogen-bond acceptors (Lipinski definition) is 1. The monoisotopic (exact) mass is 271 g/mol. The van der Waals surface area contributed by atoms with Crippen LogP contribution in [0.4, 0.5) is 4.39 Å². The SMILES string of the molecule is CCNC(c1ccc(F)cc1)c1ccc(C(C)C)cc1. The third-order valence-corrected chi connectivity index (χ3v) is 3.55. The van der Waals surface area contributed by atoms with Crippen molar-refractivity contribution < 1.29 is 4.39 Å². The van der Waals surface area contributed by atoms with E-state index in [9.17, 15) is 4.39 Å². The van der Waals surface area contributed by atoms with Crippen LogP contribution in [0.3, 0.4) is 0 Å². The second-order valence-electron chi connectivity index (χ2n) is 5.36. The van der Waals surface area contributed by atoms with Gasteiger partial charge < -0.3 is 5.32 Å². The molecule has 0 aliphatic heterocycles. The molecule has 1 atom stereocenters. The van der Waals surface area contributed by atoms with Gasteiger partial charge in [-0.2, -0.15) is 0 Å². The maximum absolute atomic E-state index is 13.1. The van der Waals surface area contributed by atoms with Gasteiger partial charge in [-0.1, -0.05) is 57.2 Å². The van der Waals surface area contributed by atoms with E-state index in [1.54, 1.807) is 0 Å². The Labute approximate surface area is 120 Å². The minimum Gasteiger partial charge on any atom is -0.307 e. The van der Waals surface area contributed by atoms with Crippen LogP contribution in [0.5, 0.6) is 0 Å². The van der Waals surface area contributed by atoms with Crippen LogP contribution in [0.1, 0.15) is 49.4 Å². The molecule has 1 unspecified atom stereocenters. The van der Waals surface area contributed by atoms with E-state index in [1.165, 1.54) is 23.3 Å². The lowest BCUT2D eigenvalue weighted by Crippen LogP contribution is -2.22. The molecule has 0 saturated heterocycles. The first-order valence-electron chi connectivity index (χ1n) is 7.20. The summed E-state index contributed by atoms with van der Waals surface area (Å²) in [4.78, 5) is 0. The van der Waals surface area contributed by atoms with Crippen molar-refractivity contribution in [1.29, 1.82) is 0 Å². The second-order valence-corrected chi connectivity index (χ2v) is 5.36. The molecule has 0 saturated carbocycles. The minimum absolute atomic E-state index is 0.113. The van der Waals surface area contributed by atoms with Crippen LogP contribution in [-0.2, 0) is 0 Å². The number of halogens is 1. The Bertz CT molecular complexity index is 528. The standard InChI is InChI=1S/C18H22FN/c1-4-20-18(16-9-11-17(19)12-10-16)15-7-5-14(6-8-15)13(2)3/h5-13,18,20H,4H2,1-3H3. The highest BCUT2D eigenvalue weighted by Crippen LogP contribution is 2.24. The summed E-state index contributed by atoms with van der Waals surface area (Å²) in [6.45, 7) is 7.33. The van der Waals surface area contributed by atoms with E-state index >= 15 is 0 Å². The first kappa shape index (κ1) is 14.7. The molecule has 2 aromatic carbocycles. The van der Waals surface area contributed by atoms with Crippen molar-refractivity contribution in [1.82, 2.24) is 5.32 Å². The third-order valence-electron chi connectivity index (χ3n) is 3.55. The third kappa shape index (κ3) is 3.45. The maximum Gasteiger partial charge on any atom is 0.123 e. The summed E-state index contributed by atoms with van der Waals surface area (Å²) < 4.78 is 13.1. The van der Waals surface area contributed by atoms with E-state index < -0.39 is 0 Å². The normalized spacial score (nSPS) is 12.7. The number of benzene rings is 2. The predicted molar refractivity (Wildman–Crippen MR) is 82.5 cm³/mol. The zero-order valence-electron chi connectivity index (χ0n) is 12.4. The Balaban J connectivity index is 2.30. The Morgan fingerprint density at radius 3 is 1.75 bits per heavy atom. The summed E-state index contributed by atoms with van der Waals surface area (Å²) in [5, 5.41) is 3.46. The molecule has 0 fully saturated rings. The summed E-state index contributed by atoms with van der Waals surface area (Å²) in [5.74, 6) is 0.339. The molecule has 106 valence electrons. The molecule has 0 amide bonds. The average molecular weight is 271 g/mol. The first-order chi connectivity index (χ1) is 9.61. The summed E-state index contributed by atoms with van der Waals surface area (Å²) in [6.07, 6.45) is 0. The van der Waals surface area contributed by atoms with E-state index in [-0.39, 0.29) is 11.9 Å². The Morgan fingerprint density at radius 2 is 1.30 bits per heavy atom. The molecule has 0 radical (unpaired) electrons. The topological polar surface area (TPSA) is 12.0 Å². The molecule has 0 aliphatic carbocycles. The number of nitrogens with one attached hydrogen (secondary N) is 1. The molecule has 1 nitrogen and oxygen atoms in total. The van der Waals surface area contributed by atoms with Crippen LogP contribution in [0.15, 0.2) is 48.5 Å². The van der Waals surface area contributed by atoms with E-state index in [0.717, 1.165) is 12.1 Å². The zero-order valence-corrected chi connectivity index (χ0v) is 12.4. The van der Waals surface area contributed by atoms with Crippen molar-refractivity contribution >= 4 is 0 Å². The van der Waals surface area contributed by atoms with Crippen LogP contribution in [0.25, 0.3) is 0 Å². The largest absolute Gasteiger partial charge is 0.307 e. The van der Waals surface area contributed by atoms with Gasteiger partial charge in [0, 0.05) is 0 Å². The van der Waals surface area contributed by atoms with Crippen molar-refractivity contribution in [3.8, 4) is 0 Å². The fourth-order valence-corrected chi connectivity index (χ4v) is 2.36. The van der Waals surface area contributed by atoms with Crippen LogP contribution in [0, 0.1) is 5.82 Å². The number of hydrogen-bond donors (Lipinski definition) is 1. The molecule has 0 aromatic heterocycles. The van der Waals surface area contributed by atoms with Crippen LogP contribution in [-0.4, -0.2) is 6.54 Å². The molecule has 0 bridgehead atoms. The maximum atomic E-state index is 13.1. The van der Waals surface area contributed by atoms with E-state index in [0.29, 0.717) is 5.92 Å². The smallest absolute Gasteiger partial charge is 0.123 e. The molecule has 0 aliphatic rings. The highest BCUT2D eigenvalue weighted by atomic mass is 19.1. The lowest BCUT2D eigenvalue weighted by Gasteiger charge is -2.19. The van der Waals surface area contributed by atoms with Gasteiger partial charge in [0.25, 0.3) is 0 Å². The van der Waals surface area contributed by atoms with Gasteiger partial charge in [-0.15, -0.1) is 0 Å². The summed E-state index contributed by atoms with van der Waals surface area (Å²) in [6, 6.07) is 15.5. The van der Waals surface area contributed by atoms with Crippen molar-refractivity contribution in [2.45, 2.75) is 32.7 Å². The quantitative estimate of drug-likeness (QED) is 0.834. The number of rotatable bonds is 5. The molecule has 0 heterocycles. The van der Waals surface area contributed by atoms with Gasteiger partial charge >= 0.3 is 0 Å². The molecule has 20 heavy (non-hydrogen) atoms. The van der Waals surface area contributed by atoms with Gasteiger partial charge in [-0.25, -0.2) is 4.39 Å². The van der Waals surface area contributed by atoms with Crippen LogP contribution in [0.2, 0.25) is 0 Å². The second kappa shape index (κ2) is 6.67. The molecular formula is C18H22FN. The van der Waals surface area contributed by atoms with Crippen molar-refractivity contribution in [2.75, 3.05) is 6.54 Å². The van der Waals surface area contributed by atoms with Gasteiger partial charge in [0.2, 0.25) is 0 Å². The van der Waals surface area contributed by atoms with Gasteiger partial charge in [0.05, 0.1) is 6.04 Å². The first-order valence-corrected chi connectivity index (χ1v) is 7.20. The zero-order chi connectivity index (χ0) is 14.5. The van der Waals surface area contributed by atoms with Gasteiger partial charge in [-0.05, 0) is 41.3 Å². The fraction of sp³-hybridized carbons (Fsp3) is 0.333. The predicted octanol–water partition coefficient (Wildman–Crippen LogP) is 4.65. The highest BCUT2D eigenvalue weighted by molar-refractivity contribution is 5.34. The Kier molecular flexibility index (Phi) is 4.91. The lowest BCUT2D eigenvalue weighted by atomic mass is 9.95. The van der Waals surface area contributed by atoms with E-state index in [4.69, 9.17) is 0 Å². The van der Waals surface area contributed by atoms with E-state index in [2.05, 4.69) is 50.4 Å². The van der Waals surface area contributed by atoms with Crippen LogP contribution < -0.4 is 5.32 Å². The van der Waals surface area contributed by atoms with Gasteiger partial charge in [0.15, 0.2) is 0 Å². The molecule has 2 heteroatoms.